The highest BCUT2D eigenvalue weighted by Crippen LogP contribution is 2.33. The van der Waals surface area contributed by atoms with Crippen LogP contribution >= 0.6 is 0 Å². The van der Waals surface area contributed by atoms with Gasteiger partial charge in [-0.2, -0.15) is 10.1 Å². The summed E-state index contributed by atoms with van der Waals surface area (Å²) in [5.74, 6) is 3.02. The van der Waals surface area contributed by atoms with Gasteiger partial charge in [-0.3, -0.25) is 0 Å². The summed E-state index contributed by atoms with van der Waals surface area (Å²) in [5, 5.41) is 17.2. The molecule has 0 saturated heterocycles. The van der Waals surface area contributed by atoms with Gasteiger partial charge in [0.15, 0.2) is 5.82 Å². The molecule has 0 aliphatic carbocycles. The first kappa shape index (κ1) is 19.0. The average molecular weight is 392 g/mol. The van der Waals surface area contributed by atoms with Crippen molar-refractivity contribution in [3.63, 3.8) is 0 Å². The van der Waals surface area contributed by atoms with Crippen molar-refractivity contribution in [2.75, 3.05) is 26.1 Å². The van der Waals surface area contributed by atoms with Gasteiger partial charge in [0.05, 0.1) is 14.2 Å². The number of aryl methyl sites for hydroxylation is 1. The molecular weight excluding hydrogens is 368 g/mol. The molecule has 0 unspecified atom stereocenters. The summed E-state index contributed by atoms with van der Waals surface area (Å²) >= 11 is 0. The number of fused-ring (bicyclic) bond motifs is 1. The van der Waals surface area contributed by atoms with Gasteiger partial charge in [-0.15, -0.1) is 0 Å². The predicted octanol–water partition coefficient (Wildman–Crippen LogP) is 3.28. The number of aromatic nitrogens is 3. The van der Waals surface area contributed by atoms with Crippen molar-refractivity contribution in [2.45, 2.75) is 18.9 Å². The fourth-order valence-corrected chi connectivity index (χ4v) is 3.36. The molecule has 7 nitrogen and oxygen atoms in total. The zero-order valence-electron chi connectivity index (χ0n) is 16.5. The molecule has 150 valence electrons. The number of rotatable bonds is 7. The normalized spacial score (nSPS) is 15.3. The summed E-state index contributed by atoms with van der Waals surface area (Å²) in [6.07, 6.45) is 3.40. The van der Waals surface area contributed by atoms with E-state index in [1.807, 2.05) is 53.2 Å². The van der Waals surface area contributed by atoms with Crippen LogP contribution in [0.5, 0.6) is 11.5 Å². The number of benzene rings is 2. The first-order valence-electron chi connectivity index (χ1n) is 9.55. The molecule has 7 heteroatoms. The molecule has 0 saturated carbocycles. The van der Waals surface area contributed by atoms with Crippen LogP contribution in [0.1, 0.15) is 29.4 Å². The summed E-state index contributed by atoms with van der Waals surface area (Å²) in [7, 11) is 3.31. The van der Waals surface area contributed by atoms with E-state index in [1.165, 1.54) is 0 Å². The van der Waals surface area contributed by atoms with Gasteiger partial charge in [0.1, 0.15) is 17.5 Å². The highest BCUT2D eigenvalue weighted by atomic mass is 16.5. The summed E-state index contributed by atoms with van der Waals surface area (Å²) in [6, 6.07) is 15.8. The molecule has 2 heterocycles. The minimum absolute atomic E-state index is 0.107. The Morgan fingerprint density at radius 3 is 2.28 bits per heavy atom. The van der Waals surface area contributed by atoms with Crippen molar-refractivity contribution in [2.24, 2.45) is 0 Å². The number of allylic oxidation sites excluding steroid dienone is 1. The zero-order chi connectivity index (χ0) is 20.2. The Bertz CT molecular complexity index is 994. The molecule has 1 aliphatic rings. The quantitative estimate of drug-likeness (QED) is 0.642. The lowest BCUT2D eigenvalue weighted by molar-refractivity contribution is 0.287. The molecule has 0 bridgehead atoms. The summed E-state index contributed by atoms with van der Waals surface area (Å²) in [6.45, 7) is 0.120. The molecule has 4 rings (SSSR count). The molecule has 2 N–H and O–H groups in total. The van der Waals surface area contributed by atoms with Crippen molar-refractivity contribution in [1.29, 1.82) is 0 Å². The van der Waals surface area contributed by atoms with Gasteiger partial charge in [0.2, 0.25) is 5.95 Å². The number of anilines is 1. The Balaban J connectivity index is 1.73. The van der Waals surface area contributed by atoms with Crippen LogP contribution in [-0.2, 0) is 6.42 Å². The molecule has 0 radical (unpaired) electrons. The first-order chi connectivity index (χ1) is 14.2. The van der Waals surface area contributed by atoms with E-state index in [2.05, 4.69) is 21.5 Å². The topological polar surface area (TPSA) is 81.4 Å². The molecule has 2 aromatic carbocycles. The second kappa shape index (κ2) is 8.36. The van der Waals surface area contributed by atoms with Crippen LogP contribution in [0, 0.1) is 0 Å². The number of hydrogen-bond donors (Lipinski definition) is 2. The summed E-state index contributed by atoms with van der Waals surface area (Å²) in [5.41, 5.74) is 3.08. The van der Waals surface area contributed by atoms with Gasteiger partial charge in [-0.25, -0.2) is 4.68 Å². The summed E-state index contributed by atoms with van der Waals surface area (Å²) in [4.78, 5) is 4.65. The lowest BCUT2D eigenvalue weighted by atomic mass is 10.0. The minimum atomic E-state index is -0.107. The third kappa shape index (κ3) is 3.95. The first-order valence-corrected chi connectivity index (χ1v) is 9.55. The van der Waals surface area contributed by atoms with Crippen LogP contribution in [0.3, 0.4) is 0 Å². The highest BCUT2D eigenvalue weighted by Gasteiger charge is 2.25. The van der Waals surface area contributed by atoms with Gasteiger partial charge >= 0.3 is 0 Å². The number of methoxy groups -OCH3 is 2. The number of aliphatic hydroxyl groups is 1. The third-order valence-corrected chi connectivity index (χ3v) is 4.93. The minimum Gasteiger partial charge on any atom is -0.497 e. The molecule has 0 amide bonds. The molecule has 1 atom stereocenters. The Morgan fingerprint density at radius 2 is 1.66 bits per heavy atom. The zero-order valence-corrected chi connectivity index (χ0v) is 16.5. The van der Waals surface area contributed by atoms with Gasteiger partial charge in [0, 0.05) is 18.7 Å². The lowest BCUT2D eigenvalue weighted by Crippen LogP contribution is -2.20. The second-order valence-electron chi connectivity index (χ2n) is 6.78. The SMILES string of the molecule is COc1ccc(C2=C[C@@H](c3ccc(OC)cc3)n3nc(CCCO)nc3N2)cc1. The van der Waals surface area contributed by atoms with Crippen LogP contribution in [-0.4, -0.2) is 40.7 Å². The van der Waals surface area contributed by atoms with Gasteiger partial charge < -0.3 is 19.9 Å². The van der Waals surface area contributed by atoms with E-state index in [1.54, 1.807) is 14.2 Å². The average Bonchev–Trinajstić information content (AvgIpc) is 3.20. The van der Waals surface area contributed by atoms with E-state index in [4.69, 9.17) is 14.6 Å². The Hall–Kier alpha value is -3.32. The number of nitrogens with one attached hydrogen (secondary N) is 1. The molecule has 29 heavy (non-hydrogen) atoms. The molecule has 3 aromatic rings. The molecule has 1 aliphatic heterocycles. The fraction of sp³-hybridized carbons (Fsp3) is 0.273. The highest BCUT2D eigenvalue weighted by molar-refractivity contribution is 5.77. The van der Waals surface area contributed by atoms with Gasteiger partial charge in [-0.05, 0) is 60.0 Å². The van der Waals surface area contributed by atoms with E-state index in [-0.39, 0.29) is 12.6 Å². The Morgan fingerprint density at radius 1 is 1.00 bits per heavy atom. The molecular formula is C22H24N4O3. The number of hydrogen-bond acceptors (Lipinski definition) is 6. The van der Waals surface area contributed by atoms with Crippen molar-refractivity contribution < 1.29 is 14.6 Å². The van der Waals surface area contributed by atoms with Crippen LogP contribution in [0.15, 0.2) is 54.6 Å². The summed E-state index contributed by atoms with van der Waals surface area (Å²) < 4.78 is 12.4. The maximum absolute atomic E-state index is 9.13. The Kier molecular flexibility index (Phi) is 5.48. The smallest absolute Gasteiger partial charge is 0.226 e. The number of aliphatic hydroxyl groups excluding tert-OH is 1. The largest absolute Gasteiger partial charge is 0.497 e. The number of ether oxygens (including phenoxy) is 2. The van der Waals surface area contributed by atoms with E-state index in [0.717, 1.165) is 28.3 Å². The monoisotopic (exact) mass is 392 g/mol. The maximum atomic E-state index is 9.13. The predicted molar refractivity (Wildman–Crippen MR) is 111 cm³/mol. The van der Waals surface area contributed by atoms with E-state index in [9.17, 15) is 0 Å². The fourth-order valence-electron chi connectivity index (χ4n) is 3.36. The van der Waals surface area contributed by atoms with Crippen molar-refractivity contribution in [1.82, 2.24) is 14.8 Å². The van der Waals surface area contributed by atoms with E-state index in [0.29, 0.717) is 24.6 Å². The van der Waals surface area contributed by atoms with E-state index >= 15 is 0 Å². The number of nitrogens with zero attached hydrogens (tertiary/aromatic N) is 3. The van der Waals surface area contributed by atoms with Crippen molar-refractivity contribution in [3.8, 4) is 11.5 Å². The van der Waals surface area contributed by atoms with Crippen molar-refractivity contribution in [3.05, 3.63) is 71.6 Å². The van der Waals surface area contributed by atoms with Gasteiger partial charge in [0.25, 0.3) is 0 Å². The molecule has 1 aromatic heterocycles. The van der Waals surface area contributed by atoms with Crippen LogP contribution in [0.25, 0.3) is 5.70 Å². The van der Waals surface area contributed by atoms with E-state index < -0.39 is 0 Å². The van der Waals surface area contributed by atoms with Crippen LogP contribution < -0.4 is 14.8 Å². The molecule has 0 spiro atoms. The standard InChI is InChI=1S/C22H24N4O3/c1-28-17-9-5-15(6-10-17)19-14-20(16-7-11-18(29-2)12-8-16)26-22(23-19)24-21(25-26)4-3-13-27/h5-12,14,20,27H,3-4,13H2,1-2H3,(H,23,24,25)/t20-/m0/s1. The van der Waals surface area contributed by atoms with Gasteiger partial charge in [-0.1, -0.05) is 12.1 Å². The lowest BCUT2D eigenvalue weighted by Gasteiger charge is -2.24. The van der Waals surface area contributed by atoms with Crippen molar-refractivity contribution >= 4 is 11.6 Å². The maximum Gasteiger partial charge on any atom is 0.226 e. The third-order valence-electron chi connectivity index (χ3n) is 4.93. The Labute approximate surface area is 169 Å². The van der Waals surface area contributed by atoms with Crippen LogP contribution in [0.4, 0.5) is 5.95 Å². The molecule has 0 fully saturated rings. The second-order valence-corrected chi connectivity index (χ2v) is 6.78. The van der Waals surface area contributed by atoms with Crippen LogP contribution in [0.2, 0.25) is 0 Å².